The number of carbonyl (C=O) groups is 2. The lowest BCUT2D eigenvalue weighted by Crippen LogP contribution is -2.30. The molecule has 2 rings (SSSR count). The van der Waals surface area contributed by atoms with Gasteiger partial charge in [-0.15, -0.1) is 0 Å². The van der Waals surface area contributed by atoms with Gasteiger partial charge >= 0.3 is 0 Å². The third-order valence-electron chi connectivity index (χ3n) is 4.15. The average molecular weight is 369 g/mol. The summed E-state index contributed by atoms with van der Waals surface area (Å²) >= 11 is 0. The Kier molecular flexibility index (Phi) is 6.82. The maximum absolute atomic E-state index is 12.5. The Morgan fingerprint density at radius 2 is 1.85 bits per heavy atom. The molecule has 0 aromatic heterocycles. The summed E-state index contributed by atoms with van der Waals surface area (Å²) in [5.41, 5.74) is 3.31. The number of likely N-dealkylation sites (N-methyl/N-ethyl adjacent to an activating group) is 1. The summed E-state index contributed by atoms with van der Waals surface area (Å²) in [6.45, 7) is 5.90. The third-order valence-corrected chi connectivity index (χ3v) is 4.15. The van der Waals surface area contributed by atoms with Gasteiger partial charge in [-0.25, -0.2) is 0 Å². The molecule has 0 fully saturated rings. The Morgan fingerprint density at radius 3 is 2.48 bits per heavy atom. The highest BCUT2D eigenvalue weighted by molar-refractivity contribution is 5.97. The zero-order valence-corrected chi connectivity index (χ0v) is 16.5. The molecule has 6 heteroatoms. The third kappa shape index (κ3) is 5.74. The fraction of sp³-hybridized carbons (Fsp3) is 0.333. The summed E-state index contributed by atoms with van der Waals surface area (Å²) in [4.78, 5) is 25.7. The van der Waals surface area contributed by atoms with Crippen molar-refractivity contribution in [2.45, 2.75) is 26.7 Å². The van der Waals surface area contributed by atoms with E-state index in [-0.39, 0.29) is 18.4 Å². The van der Waals surface area contributed by atoms with E-state index in [4.69, 9.17) is 4.74 Å². The number of methoxy groups -OCH3 is 1. The number of nitrogens with zero attached hydrogens (tertiary/aromatic N) is 1. The van der Waals surface area contributed by atoms with Crippen molar-refractivity contribution < 1.29 is 14.3 Å². The molecule has 27 heavy (non-hydrogen) atoms. The van der Waals surface area contributed by atoms with Crippen molar-refractivity contribution in [2.24, 2.45) is 0 Å². The van der Waals surface area contributed by atoms with Crippen LogP contribution in [0.2, 0.25) is 0 Å². The molecule has 0 aliphatic heterocycles. The summed E-state index contributed by atoms with van der Waals surface area (Å²) in [7, 11) is 3.41. The number of nitrogens with one attached hydrogen (secondary N) is 2. The lowest BCUT2D eigenvalue weighted by molar-refractivity contribution is -0.115. The Hall–Kier alpha value is -3.02. The van der Waals surface area contributed by atoms with Crippen LogP contribution in [-0.2, 0) is 9.59 Å². The van der Waals surface area contributed by atoms with E-state index in [2.05, 4.69) is 36.6 Å². The largest absolute Gasteiger partial charge is 0.495 e. The van der Waals surface area contributed by atoms with Gasteiger partial charge in [0.15, 0.2) is 0 Å². The van der Waals surface area contributed by atoms with Crippen LogP contribution in [-0.4, -0.2) is 32.5 Å². The summed E-state index contributed by atoms with van der Waals surface area (Å²) in [6.07, 6.45) is 0. The number of amides is 2. The van der Waals surface area contributed by atoms with Crippen LogP contribution in [0.4, 0.5) is 17.1 Å². The van der Waals surface area contributed by atoms with Crippen molar-refractivity contribution >= 4 is 28.9 Å². The summed E-state index contributed by atoms with van der Waals surface area (Å²) in [6, 6.07) is 13.3. The molecule has 0 saturated heterocycles. The molecule has 0 unspecified atom stereocenters. The molecular formula is C21H27N3O3. The van der Waals surface area contributed by atoms with Crippen LogP contribution < -0.4 is 20.3 Å². The predicted molar refractivity (Wildman–Crippen MR) is 110 cm³/mol. The van der Waals surface area contributed by atoms with Gasteiger partial charge in [0.05, 0.1) is 19.3 Å². The molecule has 0 aliphatic rings. The van der Waals surface area contributed by atoms with Crippen LogP contribution in [0.25, 0.3) is 0 Å². The molecule has 2 aromatic rings. The monoisotopic (exact) mass is 369 g/mol. The minimum Gasteiger partial charge on any atom is -0.495 e. The lowest BCUT2D eigenvalue weighted by Gasteiger charge is -2.21. The van der Waals surface area contributed by atoms with E-state index in [1.807, 2.05) is 24.1 Å². The molecule has 144 valence electrons. The van der Waals surface area contributed by atoms with Crippen LogP contribution in [0, 0.1) is 0 Å². The number of anilines is 3. The van der Waals surface area contributed by atoms with Crippen molar-refractivity contribution in [2.75, 3.05) is 36.2 Å². The Labute approximate surface area is 160 Å². The summed E-state index contributed by atoms with van der Waals surface area (Å²) in [5, 5.41) is 5.55. The zero-order chi connectivity index (χ0) is 20.0. The van der Waals surface area contributed by atoms with Gasteiger partial charge in [-0.1, -0.05) is 26.0 Å². The van der Waals surface area contributed by atoms with E-state index in [0.29, 0.717) is 23.0 Å². The highest BCUT2D eigenvalue weighted by atomic mass is 16.5. The van der Waals surface area contributed by atoms with E-state index < -0.39 is 0 Å². The highest BCUT2D eigenvalue weighted by Crippen LogP contribution is 2.28. The average Bonchev–Trinajstić information content (AvgIpc) is 2.61. The molecule has 2 N–H and O–H groups in total. The van der Waals surface area contributed by atoms with Gasteiger partial charge < -0.3 is 20.3 Å². The number of hydrogen-bond acceptors (Lipinski definition) is 4. The lowest BCUT2D eigenvalue weighted by atomic mass is 10.0. The summed E-state index contributed by atoms with van der Waals surface area (Å²) < 4.78 is 5.30. The van der Waals surface area contributed by atoms with E-state index in [1.54, 1.807) is 18.2 Å². The van der Waals surface area contributed by atoms with E-state index >= 15 is 0 Å². The van der Waals surface area contributed by atoms with Gasteiger partial charge in [-0.05, 0) is 41.8 Å². The second kappa shape index (κ2) is 9.07. The number of hydrogen-bond donors (Lipinski definition) is 2. The summed E-state index contributed by atoms with van der Waals surface area (Å²) in [5.74, 6) is 0.600. The first-order valence-electron chi connectivity index (χ1n) is 8.86. The van der Waals surface area contributed by atoms with Crippen LogP contribution in [0.1, 0.15) is 32.3 Å². The fourth-order valence-corrected chi connectivity index (χ4v) is 2.70. The van der Waals surface area contributed by atoms with Gasteiger partial charge in [0, 0.05) is 25.3 Å². The minimum absolute atomic E-state index is 0.175. The first-order chi connectivity index (χ1) is 12.8. The second-order valence-electron chi connectivity index (χ2n) is 6.75. The molecule has 0 heterocycles. The van der Waals surface area contributed by atoms with Gasteiger partial charge in [-0.3, -0.25) is 9.59 Å². The van der Waals surface area contributed by atoms with E-state index in [9.17, 15) is 9.59 Å². The van der Waals surface area contributed by atoms with Crippen molar-refractivity contribution in [1.29, 1.82) is 0 Å². The molecule has 0 saturated carbocycles. The molecule has 2 aromatic carbocycles. The number of carbonyl (C=O) groups excluding carboxylic acids is 2. The van der Waals surface area contributed by atoms with Crippen LogP contribution in [0.15, 0.2) is 42.5 Å². The Morgan fingerprint density at radius 1 is 1.11 bits per heavy atom. The van der Waals surface area contributed by atoms with Crippen molar-refractivity contribution in [3.05, 3.63) is 48.0 Å². The van der Waals surface area contributed by atoms with Crippen LogP contribution >= 0.6 is 0 Å². The van der Waals surface area contributed by atoms with Crippen LogP contribution in [0.5, 0.6) is 5.75 Å². The molecule has 0 aliphatic carbocycles. The predicted octanol–water partition coefficient (Wildman–Crippen LogP) is 3.85. The molecular weight excluding hydrogens is 342 g/mol. The maximum Gasteiger partial charge on any atom is 0.243 e. The fourth-order valence-electron chi connectivity index (χ4n) is 2.70. The smallest absolute Gasteiger partial charge is 0.243 e. The molecule has 2 amide bonds. The second-order valence-corrected chi connectivity index (χ2v) is 6.75. The van der Waals surface area contributed by atoms with Crippen LogP contribution in [0.3, 0.4) is 0 Å². The minimum atomic E-state index is -0.179. The zero-order valence-electron chi connectivity index (χ0n) is 16.5. The molecule has 0 atom stereocenters. The van der Waals surface area contributed by atoms with Gasteiger partial charge in [-0.2, -0.15) is 0 Å². The van der Waals surface area contributed by atoms with Crippen molar-refractivity contribution in [1.82, 2.24) is 0 Å². The van der Waals surface area contributed by atoms with Gasteiger partial charge in [0.1, 0.15) is 5.75 Å². The number of rotatable bonds is 7. The van der Waals surface area contributed by atoms with Crippen molar-refractivity contribution in [3.8, 4) is 5.75 Å². The normalized spacial score (nSPS) is 10.4. The van der Waals surface area contributed by atoms with E-state index in [1.165, 1.54) is 19.6 Å². The molecule has 0 radical (unpaired) electrons. The molecule has 0 bridgehead atoms. The topological polar surface area (TPSA) is 70.7 Å². The highest BCUT2D eigenvalue weighted by Gasteiger charge is 2.12. The standard InChI is InChI=1S/C21H27N3O3/c1-14(2)16-7-6-8-18(11-16)24(4)13-21(26)23-19-12-17(22-15(3)25)9-10-20(19)27-5/h6-12,14H,13H2,1-5H3,(H,22,25)(H,23,26). The number of benzene rings is 2. The molecule has 0 spiro atoms. The van der Waals surface area contributed by atoms with E-state index in [0.717, 1.165) is 5.69 Å². The quantitative estimate of drug-likeness (QED) is 0.778. The first-order valence-corrected chi connectivity index (χ1v) is 8.86. The van der Waals surface area contributed by atoms with Crippen molar-refractivity contribution in [3.63, 3.8) is 0 Å². The Bertz CT molecular complexity index is 818. The van der Waals surface area contributed by atoms with Gasteiger partial charge in [0.25, 0.3) is 0 Å². The number of ether oxygens (including phenoxy) is 1. The first kappa shape index (κ1) is 20.3. The maximum atomic E-state index is 12.5. The molecule has 6 nitrogen and oxygen atoms in total. The SMILES string of the molecule is COc1ccc(NC(C)=O)cc1NC(=O)CN(C)c1cccc(C(C)C)c1. The Balaban J connectivity index is 2.10. The van der Waals surface area contributed by atoms with Gasteiger partial charge in [0.2, 0.25) is 11.8 Å².